The smallest absolute Gasteiger partial charge is 0.231 e. The maximum absolute atomic E-state index is 12.7. The van der Waals surface area contributed by atoms with Crippen LogP contribution < -0.4 is 5.32 Å². The van der Waals surface area contributed by atoms with Crippen LogP contribution in [0.4, 0.5) is 5.69 Å². The first-order chi connectivity index (χ1) is 11.8. The van der Waals surface area contributed by atoms with E-state index in [1.54, 1.807) is 17.5 Å². The third-order valence-corrected chi connectivity index (χ3v) is 4.75. The van der Waals surface area contributed by atoms with Gasteiger partial charge in [-0.05, 0) is 36.2 Å². The maximum atomic E-state index is 12.7. The van der Waals surface area contributed by atoms with Crippen LogP contribution in [-0.4, -0.2) is 10.9 Å². The second-order valence-electron chi connectivity index (χ2n) is 5.66. The maximum Gasteiger partial charge on any atom is 0.231 e. The van der Waals surface area contributed by atoms with Crippen LogP contribution in [0.1, 0.15) is 31.2 Å². The molecule has 3 aromatic rings. The van der Waals surface area contributed by atoms with E-state index in [-0.39, 0.29) is 11.8 Å². The lowest BCUT2D eigenvalue weighted by molar-refractivity contribution is -0.117. The number of benzene rings is 2. The molecule has 24 heavy (non-hydrogen) atoms. The van der Waals surface area contributed by atoms with Gasteiger partial charge < -0.3 is 5.32 Å². The normalized spacial score (nSPS) is 11.9. The molecule has 0 fully saturated rings. The van der Waals surface area contributed by atoms with Gasteiger partial charge in [-0.15, -0.1) is 11.3 Å². The average Bonchev–Trinajstić information content (AvgIpc) is 3.15. The molecule has 0 aliphatic rings. The minimum atomic E-state index is -0.116. The lowest BCUT2D eigenvalue weighted by Gasteiger charge is -2.16. The van der Waals surface area contributed by atoms with Gasteiger partial charge in [-0.3, -0.25) is 4.79 Å². The van der Waals surface area contributed by atoms with Crippen molar-refractivity contribution in [1.29, 1.82) is 0 Å². The third kappa shape index (κ3) is 3.89. The highest BCUT2D eigenvalue weighted by molar-refractivity contribution is 7.13. The Morgan fingerprint density at radius 3 is 2.50 bits per heavy atom. The van der Waals surface area contributed by atoms with Gasteiger partial charge in [0.15, 0.2) is 0 Å². The quantitative estimate of drug-likeness (QED) is 0.661. The minimum absolute atomic E-state index is 0.0463. The molecule has 1 atom stereocenters. The fourth-order valence-corrected chi connectivity index (χ4v) is 3.36. The predicted molar refractivity (Wildman–Crippen MR) is 100 cm³/mol. The second-order valence-corrected chi connectivity index (χ2v) is 6.55. The van der Waals surface area contributed by atoms with E-state index < -0.39 is 0 Å². The van der Waals surface area contributed by atoms with E-state index in [9.17, 15) is 4.79 Å². The van der Waals surface area contributed by atoms with Crippen molar-refractivity contribution in [2.24, 2.45) is 0 Å². The Kier molecular flexibility index (Phi) is 5.39. The van der Waals surface area contributed by atoms with Crippen molar-refractivity contribution in [1.82, 2.24) is 4.98 Å². The first kappa shape index (κ1) is 16.4. The van der Waals surface area contributed by atoms with Gasteiger partial charge in [-0.25, -0.2) is 4.98 Å². The van der Waals surface area contributed by atoms with Gasteiger partial charge in [0, 0.05) is 22.8 Å². The summed E-state index contributed by atoms with van der Waals surface area (Å²) in [5, 5.41) is 5.99. The number of thiazole rings is 1. The molecule has 0 saturated carbocycles. The van der Waals surface area contributed by atoms with E-state index in [0.717, 1.165) is 34.7 Å². The number of amides is 1. The monoisotopic (exact) mass is 336 g/mol. The number of hydrogen-bond acceptors (Lipinski definition) is 3. The third-order valence-electron chi connectivity index (χ3n) is 3.93. The number of rotatable bonds is 6. The molecular formula is C20H20N2OS. The Balaban J connectivity index is 1.73. The van der Waals surface area contributed by atoms with Crippen molar-refractivity contribution in [3.8, 4) is 10.6 Å². The highest BCUT2D eigenvalue weighted by atomic mass is 32.1. The molecule has 0 saturated heterocycles. The molecule has 1 heterocycles. The molecule has 1 amide bonds. The number of aromatic nitrogens is 1. The summed E-state index contributed by atoms with van der Waals surface area (Å²) in [4.78, 5) is 17.0. The summed E-state index contributed by atoms with van der Waals surface area (Å²) in [6, 6.07) is 17.8. The van der Waals surface area contributed by atoms with Crippen molar-refractivity contribution in [2.45, 2.75) is 25.7 Å². The van der Waals surface area contributed by atoms with Crippen LogP contribution in [0.15, 0.2) is 66.2 Å². The topological polar surface area (TPSA) is 42.0 Å². The lowest BCUT2D eigenvalue weighted by atomic mass is 9.93. The molecule has 122 valence electrons. The molecule has 4 heteroatoms. The average molecular weight is 336 g/mol. The molecule has 1 N–H and O–H groups in total. The summed E-state index contributed by atoms with van der Waals surface area (Å²) < 4.78 is 0. The molecule has 0 aliphatic carbocycles. The number of anilines is 1. The Labute approximate surface area is 146 Å². The number of nitrogens with zero attached hydrogens (tertiary/aromatic N) is 1. The molecule has 0 unspecified atom stereocenters. The number of carbonyl (C=O) groups is 1. The van der Waals surface area contributed by atoms with Gasteiger partial charge in [0.25, 0.3) is 0 Å². The van der Waals surface area contributed by atoms with Gasteiger partial charge in [0.2, 0.25) is 5.91 Å². The van der Waals surface area contributed by atoms with Crippen molar-refractivity contribution in [3.63, 3.8) is 0 Å². The molecular weight excluding hydrogens is 316 g/mol. The summed E-state index contributed by atoms with van der Waals surface area (Å²) in [7, 11) is 0. The fraction of sp³-hybridized carbons (Fsp3) is 0.200. The van der Waals surface area contributed by atoms with Crippen molar-refractivity contribution in [3.05, 3.63) is 71.7 Å². The largest absolute Gasteiger partial charge is 0.326 e. The lowest BCUT2D eigenvalue weighted by Crippen LogP contribution is -2.21. The van der Waals surface area contributed by atoms with E-state index >= 15 is 0 Å². The van der Waals surface area contributed by atoms with E-state index in [1.165, 1.54) is 0 Å². The van der Waals surface area contributed by atoms with Crippen LogP contribution in [0, 0.1) is 0 Å². The SMILES string of the molecule is CCC[C@@H](C(=O)Nc1ccc(-c2nccs2)cc1)c1ccccc1. The minimum Gasteiger partial charge on any atom is -0.326 e. The van der Waals surface area contributed by atoms with Crippen LogP contribution in [0.3, 0.4) is 0 Å². The second kappa shape index (κ2) is 7.88. The summed E-state index contributed by atoms with van der Waals surface area (Å²) >= 11 is 1.61. The summed E-state index contributed by atoms with van der Waals surface area (Å²) in [5.41, 5.74) is 2.95. The first-order valence-corrected chi connectivity index (χ1v) is 9.01. The van der Waals surface area contributed by atoms with Gasteiger partial charge in [0.1, 0.15) is 5.01 Å². The Morgan fingerprint density at radius 1 is 1.12 bits per heavy atom. The van der Waals surface area contributed by atoms with E-state index in [4.69, 9.17) is 0 Å². The van der Waals surface area contributed by atoms with Crippen LogP contribution in [0.5, 0.6) is 0 Å². The van der Waals surface area contributed by atoms with Crippen molar-refractivity contribution in [2.75, 3.05) is 5.32 Å². The number of carbonyl (C=O) groups excluding carboxylic acids is 1. The number of hydrogen-bond donors (Lipinski definition) is 1. The van der Waals surface area contributed by atoms with Gasteiger partial charge in [-0.1, -0.05) is 43.7 Å². The molecule has 0 radical (unpaired) electrons. The highest BCUT2D eigenvalue weighted by Gasteiger charge is 2.19. The standard InChI is InChI=1S/C20H20N2OS/c1-2-6-18(15-7-4-3-5-8-15)19(23)22-17-11-9-16(10-12-17)20-21-13-14-24-20/h3-5,7-14,18H,2,6H2,1H3,(H,22,23)/t18-/m1/s1. The molecule has 3 nitrogen and oxygen atoms in total. The summed E-state index contributed by atoms with van der Waals surface area (Å²) in [5.74, 6) is -0.0695. The van der Waals surface area contributed by atoms with E-state index in [0.29, 0.717) is 0 Å². The molecule has 3 rings (SSSR count). The van der Waals surface area contributed by atoms with Crippen LogP contribution >= 0.6 is 11.3 Å². The van der Waals surface area contributed by atoms with Crippen LogP contribution in [0.25, 0.3) is 10.6 Å². The Bertz CT molecular complexity index is 767. The Morgan fingerprint density at radius 2 is 1.88 bits per heavy atom. The van der Waals surface area contributed by atoms with Gasteiger partial charge >= 0.3 is 0 Å². The Hall–Kier alpha value is -2.46. The van der Waals surface area contributed by atoms with Gasteiger partial charge in [-0.2, -0.15) is 0 Å². The fourth-order valence-electron chi connectivity index (χ4n) is 2.71. The molecule has 0 spiro atoms. The van der Waals surface area contributed by atoms with Gasteiger partial charge in [0.05, 0.1) is 5.92 Å². The number of nitrogens with one attached hydrogen (secondary N) is 1. The molecule has 0 aliphatic heterocycles. The van der Waals surface area contributed by atoms with E-state index in [2.05, 4.69) is 17.2 Å². The zero-order valence-electron chi connectivity index (χ0n) is 13.6. The molecule has 2 aromatic carbocycles. The van der Waals surface area contributed by atoms with Crippen molar-refractivity contribution >= 4 is 22.9 Å². The summed E-state index contributed by atoms with van der Waals surface area (Å²) in [6.45, 7) is 2.10. The molecule has 1 aromatic heterocycles. The summed E-state index contributed by atoms with van der Waals surface area (Å²) in [6.07, 6.45) is 3.61. The van der Waals surface area contributed by atoms with Crippen molar-refractivity contribution < 1.29 is 4.79 Å². The predicted octanol–water partition coefficient (Wildman–Crippen LogP) is 5.33. The zero-order chi connectivity index (χ0) is 16.8. The highest BCUT2D eigenvalue weighted by Crippen LogP contribution is 2.26. The van der Waals surface area contributed by atoms with E-state index in [1.807, 2.05) is 60.0 Å². The first-order valence-electron chi connectivity index (χ1n) is 8.13. The molecule has 0 bridgehead atoms. The zero-order valence-corrected chi connectivity index (χ0v) is 14.4. The van der Waals surface area contributed by atoms with Crippen LogP contribution in [-0.2, 0) is 4.79 Å². The van der Waals surface area contributed by atoms with Crippen LogP contribution in [0.2, 0.25) is 0 Å².